The predicted molar refractivity (Wildman–Crippen MR) is 158 cm³/mol. The van der Waals surface area contributed by atoms with E-state index in [-0.39, 0.29) is 29.8 Å². The third kappa shape index (κ3) is 9.51. The summed E-state index contributed by atoms with van der Waals surface area (Å²) < 4.78 is 30.4. The Hall–Kier alpha value is -2.63. The average Bonchev–Trinajstić information content (AvgIpc) is 2.87. The van der Waals surface area contributed by atoms with E-state index >= 15 is 0 Å². The molecule has 0 heterocycles. The van der Waals surface area contributed by atoms with E-state index in [4.69, 9.17) is 5.73 Å². The number of rotatable bonds is 6. The van der Waals surface area contributed by atoms with Crippen LogP contribution in [0.3, 0.4) is 0 Å². The van der Waals surface area contributed by atoms with Gasteiger partial charge < -0.3 is 10.5 Å². The second-order valence-electron chi connectivity index (χ2n) is 10.7. The number of hydrogen-bond acceptors (Lipinski definition) is 3. The minimum atomic E-state index is -3.88. The molecule has 0 aliphatic rings. The van der Waals surface area contributed by atoms with Crippen molar-refractivity contribution in [2.24, 2.45) is 5.73 Å². The number of aryl methyl sites for hydroxylation is 3. The van der Waals surface area contributed by atoms with Crippen molar-refractivity contribution in [1.82, 2.24) is 0 Å². The molecule has 4 nitrogen and oxygen atoms in total. The minimum absolute atomic E-state index is 0. The van der Waals surface area contributed by atoms with Crippen LogP contribution in [-0.2, 0) is 34.9 Å². The van der Waals surface area contributed by atoms with Gasteiger partial charge in [-0.2, -0.15) is 34.9 Å². The third-order valence-electron chi connectivity index (χ3n) is 6.22. The Morgan fingerprint density at radius 3 is 1.64 bits per heavy atom. The standard InChI is InChI=1S/C24H27N2O2S.C9H11.Ru/c1-24(2,3)20-14-16-21(17-15-20)29(27,28)26-23(19-12-8-5-9-13-19)22(25)18-10-6-4-7-11-18;1-7-4-8(2)6-9(3)5-7;/h4-17,22-23H,25H2,1-3H3;4-5H,1-3H3;/q2*-1;+2. The summed E-state index contributed by atoms with van der Waals surface area (Å²) in [4.78, 5) is 0.173. The van der Waals surface area contributed by atoms with Crippen molar-refractivity contribution in [2.45, 2.75) is 63.9 Å². The van der Waals surface area contributed by atoms with Crippen molar-refractivity contribution in [3.8, 4) is 0 Å². The van der Waals surface area contributed by atoms with Gasteiger partial charge in [0.2, 0.25) is 0 Å². The Kier molecular flexibility index (Phi) is 11.8. The molecule has 0 amide bonds. The molecule has 2 unspecified atom stereocenters. The molecule has 4 rings (SSSR count). The van der Waals surface area contributed by atoms with Gasteiger partial charge in [0, 0.05) is 10.9 Å². The molecular formula is C33H38N2O2RuS. The fraction of sp³-hybridized carbons (Fsp3) is 0.273. The molecule has 0 aromatic heterocycles. The van der Waals surface area contributed by atoms with Crippen LogP contribution in [0.1, 0.15) is 66.2 Å². The van der Waals surface area contributed by atoms with Crippen molar-refractivity contribution < 1.29 is 27.9 Å². The fourth-order valence-corrected chi connectivity index (χ4v) is 5.44. The molecule has 206 valence electrons. The molecule has 4 aromatic rings. The van der Waals surface area contributed by atoms with E-state index in [1.807, 2.05) is 72.8 Å². The molecule has 0 fully saturated rings. The van der Waals surface area contributed by atoms with E-state index in [2.05, 4.69) is 64.5 Å². The zero-order chi connectivity index (χ0) is 27.9. The van der Waals surface area contributed by atoms with Crippen LogP contribution in [0.5, 0.6) is 0 Å². The summed E-state index contributed by atoms with van der Waals surface area (Å²) in [6, 6.07) is 31.9. The van der Waals surface area contributed by atoms with Crippen molar-refractivity contribution in [2.75, 3.05) is 0 Å². The van der Waals surface area contributed by atoms with E-state index in [1.54, 1.807) is 12.1 Å². The van der Waals surface area contributed by atoms with Crippen LogP contribution in [0, 0.1) is 26.8 Å². The average molecular weight is 628 g/mol. The van der Waals surface area contributed by atoms with Gasteiger partial charge in [-0.1, -0.05) is 126 Å². The predicted octanol–water partition coefficient (Wildman–Crippen LogP) is 7.90. The Morgan fingerprint density at radius 1 is 0.744 bits per heavy atom. The van der Waals surface area contributed by atoms with Gasteiger partial charge in [-0.15, -0.1) is 0 Å². The van der Waals surface area contributed by atoms with Crippen LogP contribution >= 0.6 is 0 Å². The molecule has 39 heavy (non-hydrogen) atoms. The summed E-state index contributed by atoms with van der Waals surface area (Å²) in [6.07, 6.45) is 0. The van der Waals surface area contributed by atoms with E-state index in [9.17, 15) is 8.42 Å². The van der Waals surface area contributed by atoms with Gasteiger partial charge in [0.05, 0.1) is 0 Å². The van der Waals surface area contributed by atoms with Crippen LogP contribution in [0.2, 0.25) is 0 Å². The van der Waals surface area contributed by atoms with Crippen LogP contribution in [0.25, 0.3) is 4.72 Å². The second kappa shape index (κ2) is 14.1. The van der Waals surface area contributed by atoms with E-state index in [1.165, 1.54) is 16.7 Å². The maximum Gasteiger partial charge on any atom is 2.00 e. The number of hydrogen-bond donors (Lipinski definition) is 1. The van der Waals surface area contributed by atoms with Crippen LogP contribution in [0.15, 0.2) is 102 Å². The summed E-state index contributed by atoms with van der Waals surface area (Å²) >= 11 is 0. The van der Waals surface area contributed by atoms with Crippen molar-refractivity contribution in [1.29, 1.82) is 0 Å². The molecule has 0 saturated heterocycles. The maximum absolute atomic E-state index is 13.1. The van der Waals surface area contributed by atoms with Gasteiger partial charge in [-0.25, -0.2) is 8.42 Å². The summed E-state index contributed by atoms with van der Waals surface area (Å²) in [7, 11) is -3.88. The number of nitrogens with zero attached hydrogens (tertiary/aromatic N) is 1. The quantitative estimate of drug-likeness (QED) is 0.175. The Morgan fingerprint density at radius 2 is 1.21 bits per heavy atom. The maximum atomic E-state index is 13.1. The monoisotopic (exact) mass is 628 g/mol. The van der Waals surface area contributed by atoms with Gasteiger partial charge in [0.25, 0.3) is 0 Å². The zero-order valence-electron chi connectivity index (χ0n) is 23.5. The Bertz CT molecular complexity index is 1370. The summed E-state index contributed by atoms with van der Waals surface area (Å²) in [5, 5.41) is 0. The summed E-state index contributed by atoms with van der Waals surface area (Å²) in [5.74, 6) is 0. The van der Waals surface area contributed by atoms with Crippen molar-refractivity contribution >= 4 is 10.0 Å². The third-order valence-corrected chi connectivity index (χ3v) is 7.59. The normalized spacial score (nSPS) is 12.9. The van der Waals surface area contributed by atoms with Crippen LogP contribution in [-0.4, -0.2) is 8.42 Å². The Balaban J connectivity index is 0.000000453. The molecule has 0 aliphatic heterocycles. The molecule has 2 atom stereocenters. The summed E-state index contributed by atoms with van der Waals surface area (Å²) in [6.45, 7) is 12.5. The number of sulfonamides is 1. The van der Waals surface area contributed by atoms with Gasteiger partial charge in [-0.3, -0.25) is 0 Å². The first-order valence-corrected chi connectivity index (χ1v) is 14.2. The smallest absolute Gasteiger partial charge is 0.537 e. The van der Waals surface area contributed by atoms with Crippen LogP contribution < -0.4 is 5.73 Å². The molecule has 0 bridgehead atoms. The van der Waals surface area contributed by atoms with Crippen LogP contribution in [0.4, 0.5) is 0 Å². The van der Waals surface area contributed by atoms with Gasteiger partial charge >= 0.3 is 19.5 Å². The molecule has 0 spiro atoms. The zero-order valence-corrected chi connectivity index (χ0v) is 26.0. The summed E-state index contributed by atoms with van der Waals surface area (Å²) in [5.41, 5.74) is 12.9. The van der Waals surface area contributed by atoms with E-state index in [0.717, 1.165) is 16.7 Å². The molecule has 2 N–H and O–H groups in total. The Labute approximate surface area is 247 Å². The van der Waals surface area contributed by atoms with Crippen molar-refractivity contribution in [3.63, 3.8) is 0 Å². The van der Waals surface area contributed by atoms with Crippen molar-refractivity contribution in [3.05, 3.63) is 141 Å². The molecule has 0 aliphatic carbocycles. The first kappa shape index (κ1) is 32.6. The van der Waals surface area contributed by atoms with Gasteiger partial charge in [0.1, 0.15) is 10.0 Å². The fourth-order valence-electron chi connectivity index (χ4n) is 4.29. The number of benzene rings is 4. The molecule has 6 heteroatoms. The van der Waals surface area contributed by atoms with E-state index < -0.39 is 22.1 Å². The molecule has 0 radical (unpaired) electrons. The van der Waals surface area contributed by atoms with E-state index in [0.29, 0.717) is 0 Å². The first-order valence-electron chi connectivity index (χ1n) is 12.8. The van der Waals surface area contributed by atoms with Gasteiger partial charge in [-0.05, 0) is 28.7 Å². The topological polar surface area (TPSA) is 74.3 Å². The molecular weight excluding hydrogens is 590 g/mol. The number of nitrogens with two attached hydrogens (primary N) is 1. The molecule has 0 saturated carbocycles. The SMILES string of the molecule is CC(C)(C)c1ccc(S(=O)(=O)[N-]C(c2ccccc2)C(N)c2ccccc2)cc1.Cc1[c-]c(C)cc(C)c1.[Ru+2]. The minimum Gasteiger partial charge on any atom is -0.537 e. The van der Waals surface area contributed by atoms with Gasteiger partial charge in [0.15, 0.2) is 0 Å². The largest absolute Gasteiger partial charge is 2.00 e. The second-order valence-corrected chi connectivity index (χ2v) is 12.3. The first-order chi connectivity index (χ1) is 17.9. The molecule has 4 aromatic carbocycles.